The van der Waals surface area contributed by atoms with Gasteiger partial charge in [0.15, 0.2) is 0 Å². The number of hydrogen-bond acceptors (Lipinski definition) is 3. The third-order valence-corrected chi connectivity index (χ3v) is 1.08. The van der Waals surface area contributed by atoms with E-state index < -0.39 is 0 Å². The normalized spacial score (nSPS) is 11.9. The van der Waals surface area contributed by atoms with Gasteiger partial charge in [-0.25, -0.2) is 0 Å². The van der Waals surface area contributed by atoms with Gasteiger partial charge in [-0.2, -0.15) is 0 Å². The summed E-state index contributed by atoms with van der Waals surface area (Å²) in [7, 11) is 0. The fourth-order valence-corrected chi connectivity index (χ4v) is 0.503. The summed E-state index contributed by atoms with van der Waals surface area (Å²) in [6, 6.07) is 0. The average Bonchev–Trinajstić information content (AvgIpc) is 2.02. The molecule has 0 spiro atoms. The van der Waals surface area contributed by atoms with Crippen LogP contribution in [0.15, 0.2) is 12.2 Å². The molecule has 0 unspecified atom stereocenters. The van der Waals surface area contributed by atoms with Crippen LogP contribution in [0.2, 0.25) is 0 Å². The molecule has 0 atom stereocenters. The molecule has 11 heavy (non-hydrogen) atoms. The second-order valence-corrected chi connectivity index (χ2v) is 2.17. The fourth-order valence-electron chi connectivity index (χ4n) is 0.503. The highest BCUT2D eigenvalue weighted by Crippen LogP contribution is 1.84. The Bertz CT molecular complexity index is 145. The van der Waals surface area contributed by atoms with Crippen LogP contribution in [0.4, 0.5) is 0 Å². The van der Waals surface area contributed by atoms with E-state index in [0.29, 0.717) is 19.6 Å². The lowest BCUT2D eigenvalue weighted by atomic mass is 10.3. The molecule has 0 saturated heterocycles. The van der Waals surface area contributed by atoms with Crippen LogP contribution in [0.3, 0.4) is 0 Å². The predicted molar refractivity (Wildman–Crippen MR) is 42.3 cm³/mol. The van der Waals surface area contributed by atoms with E-state index in [-0.39, 0.29) is 12.4 Å². The van der Waals surface area contributed by atoms with Crippen molar-refractivity contribution < 1.29 is 14.6 Å². The molecule has 0 heterocycles. The van der Waals surface area contributed by atoms with Crippen LogP contribution in [0.1, 0.15) is 13.3 Å². The molecular weight excluding hydrogens is 144 g/mol. The molecule has 0 aromatic carbocycles. The van der Waals surface area contributed by atoms with Crippen LogP contribution in [-0.2, 0) is 9.53 Å². The van der Waals surface area contributed by atoms with Gasteiger partial charge in [0.05, 0.1) is 19.8 Å². The highest BCUT2D eigenvalue weighted by molar-refractivity contribution is 5.75. The Balaban J connectivity index is 3.05. The van der Waals surface area contributed by atoms with Gasteiger partial charge in [0.2, 0.25) is 1.43 Å². The number of rotatable bonds is 7. The van der Waals surface area contributed by atoms with Gasteiger partial charge in [-0.05, 0) is 6.92 Å². The third kappa shape index (κ3) is 9.33. The van der Waals surface area contributed by atoms with Gasteiger partial charge >= 0.3 is 0 Å². The summed E-state index contributed by atoms with van der Waals surface area (Å²) in [6.45, 7) is 2.74. The first-order valence-corrected chi connectivity index (χ1v) is 3.57. The van der Waals surface area contributed by atoms with Gasteiger partial charge in [-0.1, -0.05) is 12.2 Å². The smallest absolute Gasteiger partial charge is 0.210 e. The molecule has 0 aromatic heterocycles. The quantitative estimate of drug-likeness (QED) is 0.435. The van der Waals surface area contributed by atoms with E-state index in [1.54, 1.807) is 12.2 Å². The first kappa shape index (κ1) is 8.43. The van der Waals surface area contributed by atoms with Crippen LogP contribution in [0, 0.1) is 0 Å². The zero-order valence-electron chi connectivity index (χ0n) is 7.71. The lowest BCUT2D eigenvalue weighted by molar-refractivity contribution is -0.117. The largest absolute Gasteiger partial charge is 0.392 e. The Morgan fingerprint density at radius 2 is 2.55 bits per heavy atom. The van der Waals surface area contributed by atoms with Crippen molar-refractivity contribution in [3.63, 3.8) is 0 Å². The van der Waals surface area contributed by atoms with Crippen LogP contribution in [0.5, 0.6) is 0 Å². The van der Waals surface area contributed by atoms with Gasteiger partial charge in [0, 0.05) is 6.42 Å². The van der Waals surface area contributed by atoms with Crippen LogP contribution in [-0.4, -0.2) is 32.1 Å². The van der Waals surface area contributed by atoms with E-state index in [9.17, 15) is 4.79 Å². The Kier molecular flexibility index (Phi) is 5.70. The minimum Gasteiger partial charge on any atom is -0.392 e. The molecule has 0 aliphatic heterocycles. The maximum atomic E-state index is 10.4. The number of carbonyl (C=O) groups is 1. The van der Waals surface area contributed by atoms with Crippen molar-refractivity contribution in [3.05, 3.63) is 12.2 Å². The Morgan fingerprint density at radius 1 is 1.73 bits per heavy atom. The summed E-state index contributed by atoms with van der Waals surface area (Å²) in [4.78, 5) is 10.4. The van der Waals surface area contributed by atoms with Crippen LogP contribution < -0.4 is 0 Å². The highest BCUT2D eigenvalue weighted by Gasteiger charge is 1.90. The summed E-state index contributed by atoms with van der Waals surface area (Å²) in [6.07, 6.45) is 3.91. The molecular formula is C8H14O3. The van der Waals surface area contributed by atoms with Crippen molar-refractivity contribution in [3.8, 4) is 0 Å². The number of ketones is 1. The number of Topliss-reactive ketones (excluding diaryl/α,β-unsaturated/α-hetero) is 1. The second-order valence-electron chi connectivity index (χ2n) is 2.17. The Hall–Kier alpha value is -0.670. The van der Waals surface area contributed by atoms with E-state index >= 15 is 0 Å². The highest BCUT2D eigenvalue weighted by atomic mass is 16.5. The first-order chi connectivity index (χ1) is 5.77. The van der Waals surface area contributed by atoms with Crippen molar-refractivity contribution in [1.82, 2.24) is 0 Å². The standard InChI is InChI=1S/C8H14O3/c1-8(10)4-7-11-6-3-2-5-9/h2-3,9H,4-7H2,1H3/b3-2+/i9D. The Labute approximate surface area is 68.2 Å². The molecule has 0 fully saturated rings. The topological polar surface area (TPSA) is 46.5 Å². The van der Waals surface area contributed by atoms with Gasteiger partial charge in [-0.3, -0.25) is 4.79 Å². The first-order valence-electron chi connectivity index (χ1n) is 3.98. The fraction of sp³-hybridized carbons (Fsp3) is 0.625. The van der Waals surface area contributed by atoms with Crippen molar-refractivity contribution in [1.29, 1.82) is 1.43 Å². The SMILES string of the molecule is [2H]OC/C=C/COCCC(C)=O. The summed E-state index contributed by atoms with van der Waals surface area (Å²) in [5, 5.41) is 4.04. The van der Waals surface area contributed by atoms with E-state index in [1.807, 2.05) is 0 Å². The monoisotopic (exact) mass is 159 g/mol. The maximum Gasteiger partial charge on any atom is 0.210 e. The molecule has 0 aliphatic carbocycles. The summed E-state index contributed by atoms with van der Waals surface area (Å²) in [5.74, 6) is 0.133. The van der Waals surface area contributed by atoms with E-state index in [1.165, 1.54) is 6.92 Å². The van der Waals surface area contributed by atoms with Gasteiger partial charge in [-0.15, -0.1) is 0 Å². The molecule has 0 aliphatic rings. The average molecular weight is 159 g/mol. The van der Waals surface area contributed by atoms with E-state index in [0.717, 1.165) is 0 Å². The molecule has 0 bridgehead atoms. The molecule has 3 heteroatoms. The maximum absolute atomic E-state index is 10.4. The molecule has 0 radical (unpaired) electrons. The number of hydrogen-bond donors (Lipinski definition) is 1. The van der Waals surface area contributed by atoms with Gasteiger partial charge < -0.3 is 9.85 Å². The number of aliphatic hydroxyl groups is 1. The lowest BCUT2D eigenvalue weighted by Crippen LogP contribution is -1.99. The van der Waals surface area contributed by atoms with E-state index in [4.69, 9.17) is 6.17 Å². The predicted octanol–water partition coefficient (Wildman–Crippen LogP) is 0.531. The zero-order valence-corrected chi connectivity index (χ0v) is 6.71. The Morgan fingerprint density at radius 3 is 3.18 bits per heavy atom. The molecule has 0 saturated carbocycles. The molecule has 0 amide bonds. The summed E-state index contributed by atoms with van der Waals surface area (Å²) in [5.41, 5.74) is 0. The zero-order chi connectivity index (χ0) is 9.23. The lowest BCUT2D eigenvalue weighted by Gasteiger charge is -1.96. The number of ether oxygens (including phenoxy) is 1. The number of aliphatic hydroxyl groups excluding tert-OH is 1. The molecule has 0 aromatic rings. The van der Waals surface area contributed by atoms with Gasteiger partial charge in [0.25, 0.3) is 0 Å². The molecule has 64 valence electrons. The third-order valence-electron chi connectivity index (χ3n) is 1.08. The molecule has 0 rings (SSSR count). The minimum atomic E-state index is 0.133. The molecule has 1 N–H and O–H groups in total. The number of carbonyl (C=O) groups excluding carboxylic acids is 1. The van der Waals surface area contributed by atoms with Crippen LogP contribution >= 0.6 is 0 Å². The summed E-state index contributed by atoms with van der Waals surface area (Å²) >= 11 is 0. The van der Waals surface area contributed by atoms with Crippen molar-refractivity contribution in [2.75, 3.05) is 19.8 Å². The minimum absolute atomic E-state index is 0.133. The van der Waals surface area contributed by atoms with Crippen LogP contribution in [0.25, 0.3) is 0 Å². The van der Waals surface area contributed by atoms with Crippen molar-refractivity contribution in [2.24, 2.45) is 0 Å². The summed E-state index contributed by atoms with van der Waals surface area (Å²) < 4.78 is 11.4. The van der Waals surface area contributed by atoms with Gasteiger partial charge in [0.1, 0.15) is 5.78 Å². The van der Waals surface area contributed by atoms with Crippen molar-refractivity contribution >= 4 is 5.78 Å². The van der Waals surface area contributed by atoms with E-state index in [2.05, 4.69) is 5.11 Å². The molecule has 3 nitrogen and oxygen atoms in total. The second kappa shape index (κ2) is 7.44. The van der Waals surface area contributed by atoms with Crippen molar-refractivity contribution in [2.45, 2.75) is 13.3 Å².